The van der Waals surface area contributed by atoms with Gasteiger partial charge in [0.05, 0.1) is 18.8 Å². The molecule has 42 heavy (non-hydrogen) atoms. The van der Waals surface area contributed by atoms with Gasteiger partial charge in [0.1, 0.15) is 28.2 Å². The lowest BCUT2D eigenvalue weighted by Crippen LogP contribution is -2.50. The predicted molar refractivity (Wildman–Crippen MR) is 151 cm³/mol. The number of halogens is 3. The molecule has 3 N–H and O–H groups in total. The number of imidazole rings is 1. The normalized spacial score (nSPS) is 16.9. The molecule has 10 nitrogen and oxygen atoms in total. The zero-order valence-corrected chi connectivity index (χ0v) is 24.6. The standard InChI is InChI=1S/C29H32ClF2N5O5/c1-28(2,3)42-27(40)37-11-10-33-14-21(37)16-12-19(31)23(20(32)13-16)24(38)36-26-34-15-22(35-26)29(4,25(39)41-5)17-6-8-18(30)9-7-17/h6-9,12-13,15,21,33H,10-11,14H2,1-5H3,(H2,34,35,36,38). The van der Waals surface area contributed by atoms with Crippen LogP contribution in [0.3, 0.4) is 0 Å². The number of aromatic amines is 1. The van der Waals surface area contributed by atoms with Crippen LogP contribution in [-0.4, -0.2) is 65.2 Å². The highest BCUT2D eigenvalue weighted by molar-refractivity contribution is 6.30. The third kappa shape index (κ3) is 6.39. The number of benzene rings is 2. The van der Waals surface area contributed by atoms with E-state index in [2.05, 4.69) is 20.6 Å². The summed E-state index contributed by atoms with van der Waals surface area (Å²) in [5.41, 5.74) is -2.09. The van der Waals surface area contributed by atoms with Gasteiger partial charge in [0.25, 0.3) is 5.91 Å². The van der Waals surface area contributed by atoms with Gasteiger partial charge < -0.3 is 19.8 Å². The van der Waals surface area contributed by atoms with Crippen LogP contribution in [-0.2, 0) is 19.7 Å². The Kier molecular flexibility index (Phi) is 8.88. The van der Waals surface area contributed by atoms with Crippen LogP contribution >= 0.6 is 11.6 Å². The number of H-pyrrole nitrogens is 1. The van der Waals surface area contributed by atoms with Crippen LogP contribution in [0.25, 0.3) is 0 Å². The quantitative estimate of drug-likeness (QED) is 0.340. The van der Waals surface area contributed by atoms with Gasteiger partial charge in [-0.3, -0.25) is 19.8 Å². The minimum absolute atomic E-state index is 0.144. The van der Waals surface area contributed by atoms with Crippen LogP contribution in [0.4, 0.5) is 19.5 Å². The number of hydrogen-bond acceptors (Lipinski definition) is 7. The van der Waals surface area contributed by atoms with Crippen molar-refractivity contribution in [2.75, 3.05) is 32.1 Å². The van der Waals surface area contributed by atoms with Crippen molar-refractivity contribution in [3.8, 4) is 0 Å². The molecule has 13 heteroatoms. The fourth-order valence-electron chi connectivity index (χ4n) is 4.71. The Hall–Kier alpha value is -4.03. The van der Waals surface area contributed by atoms with Gasteiger partial charge in [0, 0.05) is 30.9 Å². The van der Waals surface area contributed by atoms with Crippen LogP contribution in [0.2, 0.25) is 5.02 Å². The van der Waals surface area contributed by atoms with Crippen LogP contribution in [0.1, 0.15) is 60.9 Å². The van der Waals surface area contributed by atoms with Crippen molar-refractivity contribution in [3.63, 3.8) is 0 Å². The largest absolute Gasteiger partial charge is 0.468 e. The molecule has 1 saturated heterocycles. The maximum atomic E-state index is 15.3. The maximum absolute atomic E-state index is 15.3. The highest BCUT2D eigenvalue weighted by Gasteiger charge is 2.41. The topological polar surface area (TPSA) is 126 Å². The molecule has 1 aromatic heterocycles. The third-order valence-corrected chi connectivity index (χ3v) is 7.14. The van der Waals surface area contributed by atoms with E-state index in [1.165, 1.54) is 18.2 Å². The molecule has 3 aromatic rings. The number of carbonyl (C=O) groups is 3. The van der Waals surface area contributed by atoms with Gasteiger partial charge in [0.2, 0.25) is 5.95 Å². The first-order valence-corrected chi connectivity index (χ1v) is 13.5. The summed E-state index contributed by atoms with van der Waals surface area (Å²) in [5.74, 6) is -4.11. The van der Waals surface area contributed by atoms with Crippen molar-refractivity contribution in [1.29, 1.82) is 0 Å². The lowest BCUT2D eigenvalue weighted by atomic mass is 9.80. The summed E-state index contributed by atoms with van der Waals surface area (Å²) < 4.78 is 41.0. The Bertz CT molecular complexity index is 1470. The Balaban J connectivity index is 1.58. The number of anilines is 1. The molecule has 0 spiro atoms. The molecule has 0 bridgehead atoms. The molecule has 4 rings (SSSR count). The van der Waals surface area contributed by atoms with Crippen LogP contribution < -0.4 is 10.6 Å². The van der Waals surface area contributed by atoms with E-state index in [1.54, 1.807) is 52.0 Å². The molecule has 2 aromatic carbocycles. The van der Waals surface area contributed by atoms with Crippen molar-refractivity contribution in [2.24, 2.45) is 0 Å². The van der Waals surface area contributed by atoms with E-state index < -0.39 is 52.2 Å². The minimum Gasteiger partial charge on any atom is -0.468 e. The summed E-state index contributed by atoms with van der Waals surface area (Å²) in [6, 6.07) is 7.84. The fourth-order valence-corrected chi connectivity index (χ4v) is 4.84. The number of methoxy groups -OCH3 is 1. The molecular weight excluding hydrogens is 572 g/mol. The number of ether oxygens (including phenoxy) is 2. The molecule has 0 aliphatic carbocycles. The van der Waals surface area contributed by atoms with E-state index in [4.69, 9.17) is 21.1 Å². The summed E-state index contributed by atoms with van der Waals surface area (Å²) in [5, 5.41) is 5.92. The highest BCUT2D eigenvalue weighted by Crippen LogP contribution is 2.34. The second-order valence-corrected chi connectivity index (χ2v) is 11.4. The summed E-state index contributed by atoms with van der Waals surface area (Å²) in [4.78, 5) is 47.0. The van der Waals surface area contributed by atoms with Crippen LogP contribution in [0, 0.1) is 11.6 Å². The van der Waals surface area contributed by atoms with Crippen molar-refractivity contribution >= 4 is 35.5 Å². The molecular formula is C29H32ClF2N5O5. The molecule has 1 fully saturated rings. The molecule has 2 unspecified atom stereocenters. The summed E-state index contributed by atoms with van der Waals surface area (Å²) >= 11 is 5.99. The van der Waals surface area contributed by atoms with E-state index in [-0.39, 0.29) is 30.3 Å². The van der Waals surface area contributed by atoms with E-state index >= 15 is 8.78 Å². The zero-order valence-electron chi connectivity index (χ0n) is 23.8. The molecule has 1 aliphatic heterocycles. The average molecular weight is 604 g/mol. The lowest BCUT2D eigenvalue weighted by Gasteiger charge is -2.37. The number of esters is 1. The number of nitrogens with zero attached hydrogens (tertiary/aromatic N) is 2. The number of piperazine rings is 1. The van der Waals surface area contributed by atoms with Gasteiger partial charge in [-0.2, -0.15) is 0 Å². The molecule has 0 saturated carbocycles. The van der Waals surface area contributed by atoms with Crippen LogP contribution in [0.15, 0.2) is 42.6 Å². The molecule has 2 heterocycles. The van der Waals surface area contributed by atoms with Gasteiger partial charge in [-0.05, 0) is 63.1 Å². The predicted octanol–water partition coefficient (Wildman–Crippen LogP) is 4.95. The van der Waals surface area contributed by atoms with Gasteiger partial charge >= 0.3 is 12.1 Å². The summed E-state index contributed by atoms with van der Waals surface area (Å²) in [6.45, 7) is 7.76. The number of aromatic nitrogens is 2. The molecule has 1 aliphatic rings. The molecule has 0 radical (unpaired) electrons. The first-order chi connectivity index (χ1) is 19.7. The third-order valence-electron chi connectivity index (χ3n) is 6.88. The Labute approximate surface area is 246 Å². The fraction of sp³-hybridized carbons (Fsp3) is 0.379. The van der Waals surface area contributed by atoms with Gasteiger partial charge in [-0.1, -0.05) is 23.7 Å². The highest BCUT2D eigenvalue weighted by atomic mass is 35.5. The number of carbonyl (C=O) groups excluding carboxylic acids is 3. The second kappa shape index (κ2) is 12.1. The van der Waals surface area contributed by atoms with E-state index in [1.807, 2.05) is 0 Å². The first-order valence-electron chi connectivity index (χ1n) is 13.2. The Morgan fingerprint density at radius 1 is 1.10 bits per heavy atom. The monoisotopic (exact) mass is 603 g/mol. The Morgan fingerprint density at radius 3 is 2.33 bits per heavy atom. The average Bonchev–Trinajstić information content (AvgIpc) is 3.40. The number of nitrogens with one attached hydrogen (secondary N) is 3. The van der Waals surface area contributed by atoms with Crippen LogP contribution in [0.5, 0.6) is 0 Å². The first kappa shape index (κ1) is 30.9. The number of hydrogen-bond donors (Lipinski definition) is 3. The van der Waals surface area contributed by atoms with Gasteiger partial charge in [0.15, 0.2) is 0 Å². The number of amides is 2. The van der Waals surface area contributed by atoms with E-state index in [0.717, 1.165) is 12.1 Å². The minimum atomic E-state index is -1.38. The van der Waals surface area contributed by atoms with Gasteiger partial charge in [-0.15, -0.1) is 0 Å². The molecule has 2 amide bonds. The van der Waals surface area contributed by atoms with Crippen molar-refractivity contribution in [1.82, 2.24) is 20.2 Å². The van der Waals surface area contributed by atoms with Crippen molar-refractivity contribution in [2.45, 2.75) is 44.8 Å². The molecule has 224 valence electrons. The maximum Gasteiger partial charge on any atom is 0.410 e. The summed E-state index contributed by atoms with van der Waals surface area (Å²) in [7, 11) is 1.23. The molecule has 2 atom stereocenters. The lowest BCUT2D eigenvalue weighted by molar-refractivity contribution is -0.145. The SMILES string of the molecule is COC(=O)C(C)(c1ccc(Cl)cc1)c1c[nH]c(NC(=O)c2c(F)cc(C3CNCCN3C(=O)OC(C)(C)C)cc2F)n1. The second-order valence-electron chi connectivity index (χ2n) is 11.0. The smallest absolute Gasteiger partial charge is 0.410 e. The van der Waals surface area contributed by atoms with Crippen molar-refractivity contribution in [3.05, 3.63) is 81.6 Å². The summed E-state index contributed by atoms with van der Waals surface area (Å²) in [6.07, 6.45) is 0.779. The van der Waals surface area contributed by atoms with Gasteiger partial charge in [-0.25, -0.2) is 18.6 Å². The Morgan fingerprint density at radius 2 is 1.74 bits per heavy atom. The zero-order chi connectivity index (χ0) is 30.8. The van der Waals surface area contributed by atoms with E-state index in [9.17, 15) is 14.4 Å². The van der Waals surface area contributed by atoms with Crippen molar-refractivity contribution < 1.29 is 32.6 Å². The number of rotatable bonds is 6. The van der Waals surface area contributed by atoms with E-state index in [0.29, 0.717) is 17.1 Å².